The Morgan fingerprint density at radius 1 is 1.19 bits per heavy atom. The monoisotopic (exact) mass is 467 g/mol. The molecule has 7 nitrogen and oxygen atoms in total. The molecule has 0 aliphatic rings. The number of hydrogen-bond donors (Lipinski definition) is 2. The number of hydrogen-bond acceptors (Lipinski definition) is 4. The van der Waals surface area contributed by atoms with Crippen molar-refractivity contribution in [2.45, 2.75) is 26.3 Å². The summed E-state index contributed by atoms with van der Waals surface area (Å²) in [6, 6.07) is 11.3. The molecule has 136 valence electrons. The molecule has 0 heterocycles. The quantitative estimate of drug-likeness (QED) is 0.367. The lowest BCUT2D eigenvalue weighted by Gasteiger charge is -2.09. The summed E-state index contributed by atoms with van der Waals surface area (Å²) in [5.41, 5.74) is 1.84. The molecule has 2 N–H and O–H groups in total. The van der Waals surface area contributed by atoms with Crippen LogP contribution in [0.1, 0.15) is 35.7 Å². The maximum atomic E-state index is 12.3. The normalized spacial score (nSPS) is 10.2. The van der Waals surface area contributed by atoms with Gasteiger partial charge in [-0.25, -0.2) is 0 Å². The molecule has 0 aliphatic carbocycles. The number of non-ortho nitro benzene ring substituents is 1. The Hall–Kier alpha value is -2.49. The van der Waals surface area contributed by atoms with Crippen LogP contribution < -0.4 is 10.6 Å². The minimum atomic E-state index is -0.498. The first kappa shape index (κ1) is 19.8. The Morgan fingerprint density at radius 3 is 2.62 bits per heavy atom. The Morgan fingerprint density at radius 2 is 1.96 bits per heavy atom. The molecule has 0 saturated carbocycles. The van der Waals surface area contributed by atoms with Crippen molar-refractivity contribution in [3.63, 3.8) is 0 Å². The van der Waals surface area contributed by atoms with Crippen molar-refractivity contribution in [2.75, 3.05) is 5.32 Å². The fraction of sp³-hybridized carbons (Fsp3) is 0.222. The van der Waals surface area contributed by atoms with E-state index < -0.39 is 4.92 Å². The third-order valence-corrected chi connectivity index (χ3v) is 4.44. The van der Waals surface area contributed by atoms with E-state index in [-0.39, 0.29) is 24.0 Å². The van der Waals surface area contributed by atoms with Gasteiger partial charge in [-0.05, 0) is 52.8 Å². The van der Waals surface area contributed by atoms with E-state index in [2.05, 4.69) is 10.6 Å². The zero-order valence-corrected chi connectivity index (χ0v) is 16.3. The predicted molar refractivity (Wildman–Crippen MR) is 107 cm³/mol. The SMILES string of the molecule is CCCC(=O)Nc1cccc(CNC(=O)c2ccc([N+](=O)[O-])cc2I)c1. The molecule has 26 heavy (non-hydrogen) atoms. The number of carbonyl (C=O) groups excluding carboxylic acids is 2. The summed E-state index contributed by atoms with van der Waals surface area (Å²) in [5, 5.41) is 16.4. The van der Waals surface area contributed by atoms with Crippen LogP contribution in [0.3, 0.4) is 0 Å². The van der Waals surface area contributed by atoms with E-state index in [4.69, 9.17) is 0 Å². The molecule has 0 unspecified atom stereocenters. The number of nitrogens with zero attached hydrogens (tertiary/aromatic N) is 1. The fourth-order valence-electron chi connectivity index (χ4n) is 2.29. The van der Waals surface area contributed by atoms with E-state index in [9.17, 15) is 19.7 Å². The topological polar surface area (TPSA) is 101 Å². The fourth-order valence-corrected chi connectivity index (χ4v) is 3.03. The average Bonchev–Trinajstić information content (AvgIpc) is 2.60. The number of benzene rings is 2. The third-order valence-electron chi connectivity index (χ3n) is 3.55. The third kappa shape index (κ3) is 5.51. The molecule has 2 amide bonds. The number of anilines is 1. The molecule has 2 aromatic carbocycles. The van der Waals surface area contributed by atoms with Gasteiger partial charge in [0.2, 0.25) is 5.91 Å². The molecule has 0 fully saturated rings. The number of nitro groups is 1. The molecule has 0 aromatic heterocycles. The number of carbonyl (C=O) groups is 2. The highest BCUT2D eigenvalue weighted by Gasteiger charge is 2.14. The molecular formula is C18H18IN3O4. The smallest absolute Gasteiger partial charge is 0.270 e. The van der Waals surface area contributed by atoms with Gasteiger partial charge in [0.25, 0.3) is 11.6 Å². The zero-order chi connectivity index (χ0) is 19.1. The maximum absolute atomic E-state index is 12.3. The number of rotatable bonds is 7. The largest absolute Gasteiger partial charge is 0.348 e. The molecular weight excluding hydrogens is 449 g/mol. The van der Waals surface area contributed by atoms with E-state index in [0.29, 0.717) is 21.2 Å². The second kappa shape index (κ2) is 9.27. The molecule has 2 aromatic rings. The van der Waals surface area contributed by atoms with Gasteiger partial charge in [-0.1, -0.05) is 19.1 Å². The second-order valence-electron chi connectivity index (χ2n) is 5.60. The number of nitrogens with one attached hydrogen (secondary N) is 2. The van der Waals surface area contributed by atoms with Crippen molar-refractivity contribution in [3.8, 4) is 0 Å². The molecule has 0 atom stereocenters. The Bertz CT molecular complexity index is 839. The highest BCUT2D eigenvalue weighted by Crippen LogP contribution is 2.20. The lowest BCUT2D eigenvalue weighted by molar-refractivity contribution is -0.384. The van der Waals surface area contributed by atoms with Crippen molar-refractivity contribution in [1.29, 1.82) is 0 Å². The van der Waals surface area contributed by atoms with E-state index in [1.54, 1.807) is 18.2 Å². The summed E-state index contributed by atoms with van der Waals surface area (Å²) < 4.78 is 0.509. The van der Waals surface area contributed by atoms with E-state index in [1.165, 1.54) is 18.2 Å². The summed E-state index contributed by atoms with van der Waals surface area (Å²) in [7, 11) is 0. The Labute approximate surface area is 164 Å². The first-order valence-corrected chi connectivity index (χ1v) is 9.09. The molecule has 8 heteroatoms. The summed E-state index contributed by atoms with van der Waals surface area (Å²) in [6.07, 6.45) is 1.23. The highest BCUT2D eigenvalue weighted by atomic mass is 127. The van der Waals surface area contributed by atoms with E-state index >= 15 is 0 Å². The minimum absolute atomic E-state index is 0.0471. The van der Waals surface area contributed by atoms with Gasteiger partial charge in [-0.3, -0.25) is 19.7 Å². The Balaban J connectivity index is 2.01. The molecule has 0 bridgehead atoms. The summed E-state index contributed by atoms with van der Waals surface area (Å²) in [5.74, 6) is -0.362. The van der Waals surface area contributed by atoms with Crippen LogP contribution in [0.25, 0.3) is 0 Å². The number of nitro benzene ring substituents is 1. The van der Waals surface area contributed by atoms with Gasteiger partial charge in [0, 0.05) is 34.4 Å². The van der Waals surface area contributed by atoms with Gasteiger partial charge in [-0.15, -0.1) is 0 Å². The van der Waals surface area contributed by atoms with Crippen LogP contribution in [-0.2, 0) is 11.3 Å². The molecule has 0 spiro atoms. The molecule has 0 radical (unpaired) electrons. The zero-order valence-electron chi connectivity index (χ0n) is 14.1. The van der Waals surface area contributed by atoms with Gasteiger partial charge >= 0.3 is 0 Å². The van der Waals surface area contributed by atoms with Crippen molar-refractivity contribution in [2.24, 2.45) is 0 Å². The average molecular weight is 467 g/mol. The first-order chi connectivity index (χ1) is 12.4. The summed E-state index contributed by atoms with van der Waals surface area (Å²) in [6.45, 7) is 2.22. The summed E-state index contributed by atoms with van der Waals surface area (Å²) >= 11 is 1.90. The van der Waals surface area contributed by atoms with Crippen LogP contribution in [0.15, 0.2) is 42.5 Å². The second-order valence-corrected chi connectivity index (χ2v) is 6.76. The molecule has 0 saturated heterocycles. The number of amides is 2. The lowest BCUT2D eigenvalue weighted by atomic mass is 10.1. The van der Waals surface area contributed by atoms with Gasteiger partial charge in [-0.2, -0.15) is 0 Å². The van der Waals surface area contributed by atoms with Crippen LogP contribution in [-0.4, -0.2) is 16.7 Å². The van der Waals surface area contributed by atoms with E-state index in [1.807, 2.05) is 35.6 Å². The number of halogens is 1. The minimum Gasteiger partial charge on any atom is -0.348 e. The standard InChI is InChI=1S/C18H18IN3O4/c1-2-4-17(23)21-13-6-3-5-12(9-13)11-20-18(24)15-8-7-14(22(25)26)10-16(15)19/h3,5-10H,2,4,11H2,1H3,(H,20,24)(H,21,23). The van der Waals surface area contributed by atoms with Crippen molar-refractivity contribution in [3.05, 3.63) is 67.3 Å². The first-order valence-electron chi connectivity index (χ1n) is 8.01. The van der Waals surface area contributed by atoms with Crippen molar-refractivity contribution in [1.82, 2.24) is 5.32 Å². The van der Waals surface area contributed by atoms with Gasteiger partial charge in [0.05, 0.1) is 10.5 Å². The van der Waals surface area contributed by atoms with Crippen LogP contribution in [0, 0.1) is 13.7 Å². The van der Waals surface area contributed by atoms with Crippen molar-refractivity contribution < 1.29 is 14.5 Å². The lowest BCUT2D eigenvalue weighted by Crippen LogP contribution is -2.23. The Kier molecular flexibility index (Phi) is 7.07. The van der Waals surface area contributed by atoms with Crippen LogP contribution in [0.2, 0.25) is 0 Å². The molecule has 0 aliphatic heterocycles. The van der Waals surface area contributed by atoms with Gasteiger partial charge in [0.1, 0.15) is 0 Å². The van der Waals surface area contributed by atoms with Gasteiger partial charge in [0.15, 0.2) is 0 Å². The van der Waals surface area contributed by atoms with Gasteiger partial charge < -0.3 is 10.6 Å². The molecule has 2 rings (SSSR count). The van der Waals surface area contributed by atoms with Crippen LogP contribution in [0.5, 0.6) is 0 Å². The predicted octanol–water partition coefficient (Wildman–Crippen LogP) is 3.87. The van der Waals surface area contributed by atoms with Crippen LogP contribution >= 0.6 is 22.6 Å². The maximum Gasteiger partial charge on any atom is 0.270 e. The van der Waals surface area contributed by atoms with Crippen LogP contribution in [0.4, 0.5) is 11.4 Å². The summed E-state index contributed by atoms with van der Waals surface area (Å²) in [4.78, 5) is 34.2. The highest BCUT2D eigenvalue weighted by molar-refractivity contribution is 14.1. The van der Waals surface area contributed by atoms with E-state index in [0.717, 1.165) is 12.0 Å². The van der Waals surface area contributed by atoms with Crippen molar-refractivity contribution >= 4 is 45.8 Å².